The Hall–Kier alpha value is -2.18. The molecular weight excluding hydrogens is 336 g/mol. The molecule has 0 aliphatic rings. The van der Waals surface area contributed by atoms with Crippen LogP contribution in [-0.2, 0) is 14.8 Å². The molecule has 0 bridgehead atoms. The molecule has 2 rings (SSSR count). The fraction of sp³-hybridized carbons (Fsp3) is 0.316. The molecule has 0 saturated carbocycles. The highest BCUT2D eigenvalue weighted by Gasteiger charge is 2.25. The van der Waals surface area contributed by atoms with E-state index < -0.39 is 10.0 Å². The van der Waals surface area contributed by atoms with E-state index >= 15 is 0 Å². The molecule has 0 atom stereocenters. The summed E-state index contributed by atoms with van der Waals surface area (Å²) < 4.78 is 26.6. The number of benzene rings is 2. The average Bonchev–Trinajstić information content (AvgIpc) is 2.53. The largest absolute Gasteiger partial charge is 0.324 e. The molecule has 1 amide bonds. The predicted octanol–water partition coefficient (Wildman–Crippen LogP) is 3.18. The van der Waals surface area contributed by atoms with Gasteiger partial charge in [0.2, 0.25) is 15.9 Å². The monoisotopic (exact) mass is 360 g/mol. The van der Waals surface area contributed by atoms with Crippen LogP contribution in [0.15, 0.2) is 41.3 Å². The lowest BCUT2D eigenvalue weighted by molar-refractivity contribution is -0.116. The summed E-state index contributed by atoms with van der Waals surface area (Å²) in [6.45, 7) is 7.14. The summed E-state index contributed by atoms with van der Waals surface area (Å²) in [7, 11) is -2.31. The molecule has 2 aromatic carbocycles. The zero-order chi connectivity index (χ0) is 18.8. The molecule has 0 aliphatic heterocycles. The molecule has 0 radical (unpaired) electrons. The van der Waals surface area contributed by atoms with Crippen molar-refractivity contribution in [2.24, 2.45) is 0 Å². The van der Waals surface area contributed by atoms with Gasteiger partial charge < -0.3 is 5.32 Å². The Morgan fingerprint density at radius 3 is 2.20 bits per heavy atom. The van der Waals surface area contributed by atoms with Crippen LogP contribution in [0.2, 0.25) is 0 Å². The van der Waals surface area contributed by atoms with Crippen LogP contribution in [0.4, 0.5) is 5.69 Å². The number of likely N-dealkylation sites (N-methyl/N-ethyl adjacent to an activating group) is 1. The molecular formula is C19H24N2O3S. The van der Waals surface area contributed by atoms with Crippen molar-refractivity contribution < 1.29 is 13.2 Å². The summed E-state index contributed by atoms with van der Waals surface area (Å²) in [6, 6.07) is 11.0. The van der Waals surface area contributed by atoms with Gasteiger partial charge in [0.05, 0.1) is 11.4 Å². The van der Waals surface area contributed by atoms with E-state index in [1.54, 1.807) is 19.1 Å². The number of hydrogen-bond donors (Lipinski definition) is 1. The normalized spacial score (nSPS) is 11.6. The second-order valence-corrected chi connectivity index (χ2v) is 8.36. The molecule has 0 aromatic heterocycles. The Bertz CT molecular complexity index is 885. The van der Waals surface area contributed by atoms with Crippen LogP contribution in [0.25, 0.3) is 0 Å². The van der Waals surface area contributed by atoms with Crippen molar-refractivity contribution in [2.75, 3.05) is 18.9 Å². The standard InChI is InChI=1S/C19H24N2O3S/c1-13-9-10-14(2)17(11-13)25(23,24)21(5)12-18(22)20-19-15(3)7-6-8-16(19)4/h6-11H,12H2,1-5H3,(H,20,22). The summed E-state index contributed by atoms with van der Waals surface area (Å²) in [5.41, 5.74) is 4.12. The first kappa shape index (κ1) is 19.1. The number of hydrogen-bond acceptors (Lipinski definition) is 3. The molecule has 0 saturated heterocycles. The zero-order valence-electron chi connectivity index (χ0n) is 15.3. The average molecular weight is 360 g/mol. The van der Waals surface area contributed by atoms with Gasteiger partial charge in [-0.3, -0.25) is 4.79 Å². The smallest absolute Gasteiger partial charge is 0.243 e. The number of nitrogens with one attached hydrogen (secondary N) is 1. The minimum atomic E-state index is -3.73. The first-order chi connectivity index (χ1) is 11.6. The van der Waals surface area contributed by atoms with Gasteiger partial charge in [-0.15, -0.1) is 0 Å². The number of aryl methyl sites for hydroxylation is 4. The molecule has 0 spiro atoms. The van der Waals surface area contributed by atoms with E-state index in [1.807, 2.05) is 45.0 Å². The first-order valence-electron chi connectivity index (χ1n) is 8.02. The number of anilines is 1. The first-order valence-corrected chi connectivity index (χ1v) is 9.46. The lowest BCUT2D eigenvalue weighted by Crippen LogP contribution is -2.35. The zero-order valence-corrected chi connectivity index (χ0v) is 16.1. The Morgan fingerprint density at radius 2 is 1.60 bits per heavy atom. The molecule has 0 unspecified atom stereocenters. The summed E-state index contributed by atoms with van der Waals surface area (Å²) in [4.78, 5) is 12.6. The summed E-state index contributed by atoms with van der Waals surface area (Å²) in [6.07, 6.45) is 0. The van der Waals surface area contributed by atoms with Crippen molar-refractivity contribution in [3.8, 4) is 0 Å². The van der Waals surface area contributed by atoms with Gasteiger partial charge in [-0.1, -0.05) is 30.3 Å². The predicted molar refractivity (Wildman–Crippen MR) is 100 cm³/mol. The van der Waals surface area contributed by atoms with Crippen LogP contribution < -0.4 is 5.32 Å². The lowest BCUT2D eigenvalue weighted by atomic mass is 10.1. The van der Waals surface area contributed by atoms with Crippen LogP contribution in [-0.4, -0.2) is 32.2 Å². The minimum absolute atomic E-state index is 0.231. The van der Waals surface area contributed by atoms with E-state index in [0.29, 0.717) is 5.56 Å². The highest BCUT2D eigenvalue weighted by atomic mass is 32.2. The number of rotatable bonds is 5. The number of para-hydroxylation sites is 1. The molecule has 1 N–H and O–H groups in total. The maximum absolute atomic E-state index is 12.8. The van der Waals surface area contributed by atoms with Crippen molar-refractivity contribution in [1.29, 1.82) is 0 Å². The number of sulfonamides is 1. The fourth-order valence-corrected chi connectivity index (χ4v) is 4.06. The third kappa shape index (κ3) is 4.27. The van der Waals surface area contributed by atoms with Gasteiger partial charge in [0.1, 0.15) is 0 Å². The van der Waals surface area contributed by atoms with Crippen molar-refractivity contribution >= 4 is 21.6 Å². The van der Waals surface area contributed by atoms with Crippen molar-refractivity contribution in [3.63, 3.8) is 0 Å². The van der Waals surface area contributed by atoms with Crippen molar-refractivity contribution in [2.45, 2.75) is 32.6 Å². The maximum Gasteiger partial charge on any atom is 0.243 e. The highest BCUT2D eigenvalue weighted by Crippen LogP contribution is 2.22. The van der Waals surface area contributed by atoms with E-state index in [0.717, 1.165) is 26.7 Å². The van der Waals surface area contributed by atoms with Gasteiger partial charge >= 0.3 is 0 Å². The number of amides is 1. The molecule has 0 aliphatic carbocycles. The summed E-state index contributed by atoms with van der Waals surface area (Å²) in [5, 5.41) is 2.81. The third-order valence-electron chi connectivity index (χ3n) is 4.14. The number of nitrogens with zero attached hydrogens (tertiary/aromatic N) is 1. The molecule has 5 nitrogen and oxygen atoms in total. The van der Waals surface area contributed by atoms with Crippen LogP contribution in [0.5, 0.6) is 0 Å². The molecule has 0 fully saturated rings. The number of carbonyl (C=O) groups excluding carboxylic acids is 1. The second kappa shape index (κ2) is 7.37. The maximum atomic E-state index is 12.8. The topological polar surface area (TPSA) is 66.5 Å². The van der Waals surface area contributed by atoms with Gasteiger partial charge in [0.15, 0.2) is 0 Å². The van der Waals surface area contributed by atoms with Gasteiger partial charge in [-0.2, -0.15) is 4.31 Å². The van der Waals surface area contributed by atoms with Crippen LogP contribution >= 0.6 is 0 Å². The lowest BCUT2D eigenvalue weighted by Gasteiger charge is -2.19. The fourth-order valence-electron chi connectivity index (χ4n) is 2.63. The van der Waals surface area contributed by atoms with Crippen LogP contribution in [0.3, 0.4) is 0 Å². The molecule has 25 heavy (non-hydrogen) atoms. The SMILES string of the molecule is Cc1ccc(C)c(S(=O)(=O)N(C)CC(=O)Nc2c(C)cccc2C)c1. The Labute approximate surface area is 149 Å². The van der Waals surface area contributed by atoms with E-state index in [-0.39, 0.29) is 17.3 Å². The van der Waals surface area contributed by atoms with Crippen molar-refractivity contribution in [3.05, 3.63) is 58.7 Å². The summed E-state index contributed by atoms with van der Waals surface area (Å²) in [5.74, 6) is -0.367. The molecule has 0 heterocycles. The van der Waals surface area contributed by atoms with Crippen LogP contribution in [0, 0.1) is 27.7 Å². The van der Waals surface area contributed by atoms with Crippen LogP contribution in [0.1, 0.15) is 22.3 Å². The van der Waals surface area contributed by atoms with Gasteiger partial charge in [-0.05, 0) is 56.0 Å². The van der Waals surface area contributed by atoms with E-state index in [9.17, 15) is 13.2 Å². The van der Waals surface area contributed by atoms with E-state index in [1.165, 1.54) is 7.05 Å². The molecule has 6 heteroatoms. The van der Waals surface area contributed by atoms with Crippen molar-refractivity contribution in [1.82, 2.24) is 4.31 Å². The van der Waals surface area contributed by atoms with E-state index in [4.69, 9.17) is 0 Å². The minimum Gasteiger partial charge on any atom is -0.324 e. The Kier molecular flexibility index (Phi) is 5.65. The van der Waals surface area contributed by atoms with E-state index in [2.05, 4.69) is 5.32 Å². The Morgan fingerprint density at radius 1 is 1.00 bits per heavy atom. The molecule has 2 aromatic rings. The molecule has 134 valence electrons. The van der Waals surface area contributed by atoms with Gasteiger partial charge in [0.25, 0.3) is 0 Å². The number of carbonyl (C=O) groups is 1. The third-order valence-corrected chi connectivity index (χ3v) is 6.09. The quantitative estimate of drug-likeness (QED) is 0.890. The van der Waals surface area contributed by atoms with Gasteiger partial charge in [0, 0.05) is 12.7 Å². The second-order valence-electron chi connectivity index (χ2n) is 6.35. The highest BCUT2D eigenvalue weighted by molar-refractivity contribution is 7.89. The van der Waals surface area contributed by atoms with Gasteiger partial charge in [-0.25, -0.2) is 8.42 Å². The Balaban J connectivity index is 2.19. The summed E-state index contributed by atoms with van der Waals surface area (Å²) >= 11 is 0.